The third-order valence-corrected chi connectivity index (χ3v) is 3.31. The number of fused-ring (bicyclic) bond motifs is 1. The van der Waals surface area contributed by atoms with Crippen LogP contribution in [0.2, 0.25) is 0 Å². The summed E-state index contributed by atoms with van der Waals surface area (Å²) < 4.78 is 0. The molecule has 0 bridgehead atoms. The van der Waals surface area contributed by atoms with E-state index in [0.717, 1.165) is 12.0 Å². The van der Waals surface area contributed by atoms with Crippen LogP contribution in [0, 0.1) is 11.8 Å². The van der Waals surface area contributed by atoms with E-state index in [1.807, 2.05) is 30.3 Å². The Morgan fingerprint density at radius 2 is 1.52 bits per heavy atom. The van der Waals surface area contributed by atoms with Gasteiger partial charge in [-0.1, -0.05) is 78.6 Å². The van der Waals surface area contributed by atoms with E-state index in [4.69, 9.17) is 0 Å². The summed E-state index contributed by atoms with van der Waals surface area (Å²) in [7, 11) is 0. The molecule has 3 aromatic rings. The Labute approximate surface area is 125 Å². The second-order valence-corrected chi connectivity index (χ2v) is 4.88. The molecule has 0 spiro atoms. The molecule has 0 amide bonds. The van der Waals surface area contributed by atoms with Gasteiger partial charge < -0.3 is 0 Å². The molecule has 21 heavy (non-hydrogen) atoms. The van der Waals surface area contributed by atoms with Crippen LogP contribution < -0.4 is 0 Å². The molecule has 0 aliphatic heterocycles. The van der Waals surface area contributed by atoms with Gasteiger partial charge in [-0.2, -0.15) is 0 Å². The van der Waals surface area contributed by atoms with Crippen molar-refractivity contribution in [3.05, 3.63) is 90.0 Å². The molecule has 0 N–H and O–H groups in total. The van der Waals surface area contributed by atoms with Crippen molar-refractivity contribution in [2.75, 3.05) is 0 Å². The summed E-state index contributed by atoms with van der Waals surface area (Å²) >= 11 is 0. The van der Waals surface area contributed by atoms with Gasteiger partial charge in [-0.3, -0.25) is 0 Å². The molecular formula is C21H16. The molecule has 0 nitrogen and oxygen atoms in total. The van der Waals surface area contributed by atoms with Crippen molar-refractivity contribution < 1.29 is 0 Å². The summed E-state index contributed by atoms with van der Waals surface area (Å²) in [6, 6.07) is 25.0. The Kier molecular flexibility index (Phi) is 4.15. The molecule has 0 fully saturated rings. The van der Waals surface area contributed by atoms with E-state index in [9.17, 15) is 0 Å². The van der Waals surface area contributed by atoms with Crippen LogP contribution in [0.1, 0.15) is 17.5 Å². The van der Waals surface area contributed by atoms with Crippen LogP contribution >= 0.6 is 0 Å². The van der Waals surface area contributed by atoms with Gasteiger partial charge in [-0.05, 0) is 34.5 Å². The Hall–Kier alpha value is -2.78. The Bertz CT molecular complexity index is 815. The average Bonchev–Trinajstić information content (AvgIpc) is 2.55. The minimum atomic E-state index is 0.766. The van der Waals surface area contributed by atoms with Gasteiger partial charge in [0.05, 0.1) is 0 Å². The Morgan fingerprint density at radius 3 is 2.38 bits per heavy atom. The van der Waals surface area contributed by atoms with E-state index in [2.05, 4.69) is 66.5 Å². The van der Waals surface area contributed by atoms with Gasteiger partial charge >= 0.3 is 0 Å². The second kappa shape index (κ2) is 6.59. The number of hydrogen-bond donors (Lipinski definition) is 0. The highest BCUT2D eigenvalue weighted by atomic mass is 14.0. The predicted molar refractivity (Wildman–Crippen MR) is 90.9 cm³/mol. The fourth-order valence-electron chi connectivity index (χ4n) is 2.24. The first kappa shape index (κ1) is 13.2. The zero-order valence-corrected chi connectivity index (χ0v) is 11.8. The van der Waals surface area contributed by atoms with Gasteiger partial charge in [0, 0.05) is 12.0 Å². The summed E-state index contributed by atoms with van der Waals surface area (Å²) in [6.45, 7) is 0. The summed E-state index contributed by atoms with van der Waals surface area (Å²) in [6.07, 6.45) is 5.01. The van der Waals surface area contributed by atoms with E-state index in [0.29, 0.717) is 0 Å². The Morgan fingerprint density at radius 1 is 0.762 bits per heavy atom. The molecule has 0 aromatic heterocycles. The molecule has 0 saturated heterocycles. The van der Waals surface area contributed by atoms with E-state index in [-0.39, 0.29) is 0 Å². The summed E-state index contributed by atoms with van der Waals surface area (Å²) in [5.74, 6) is 6.33. The molecule has 0 radical (unpaired) electrons. The van der Waals surface area contributed by atoms with E-state index < -0.39 is 0 Å². The van der Waals surface area contributed by atoms with Crippen molar-refractivity contribution in [3.8, 4) is 11.8 Å². The van der Waals surface area contributed by atoms with E-state index in [1.54, 1.807) is 0 Å². The lowest BCUT2D eigenvalue weighted by molar-refractivity contribution is 1.48. The molecule has 100 valence electrons. The van der Waals surface area contributed by atoms with Crippen LogP contribution in [0.15, 0.2) is 78.9 Å². The second-order valence-electron chi connectivity index (χ2n) is 4.88. The van der Waals surface area contributed by atoms with Gasteiger partial charge in [0.2, 0.25) is 0 Å². The fourth-order valence-corrected chi connectivity index (χ4v) is 2.24. The minimum Gasteiger partial charge on any atom is -0.0937 e. The maximum atomic E-state index is 3.17. The van der Waals surface area contributed by atoms with Crippen LogP contribution in [0.5, 0.6) is 0 Å². The zero-order valence-electron chi connectivity index (χ0n) is 11.8. The highest BCUT2D eigenvalue weighted by molar-refractivity contribution is 5.84. The minimum absolute atomic E-state index is 0.766. The largest absolute Gasteiger partial charge is 0.0937 e. The van der Waals surface area contributed by atoms with Crippen LogP contribution in [-0.4, -0.2) is 0 Å². The summed E-state index contributed by atoms with van der Waals surface area (Å²) in [4.78, 5) is 0. The van der Waals surface area contributed by atoms with Crippen molar-refractivity contribution in [1.29, 1.82) is 0 Å². The van der Waals surface area contributed by atoms with Crippen molar-refractivity contribution >= 4 is 16.8 Å². The maximum Gasteiger partial charge on any atom is 0.0276 e. The number of rotatable bonds is 2. The first-order valence-corrected chi connectivity index (χ1v) is 7.11. The van der Waals surface area contributed by atoms with Crippen LogP contribution in [-0.2, 0) is 0 Å². The first-order chi connectivity index (χ1) is 10.4. The summed E-state index contributed by atoms with van der Waals surface area (Å²) in [5, 5.41) is 2.55. The molecule has 0 heterocycles. The van der Waals surface area contributed by atoms with Gasteiger partial charge in [0.1, 0.15) is 0 Å². The Balaban J connectivity index is 1.67. The van der Waals surface area contributed by atoms with Crippen LogP contribution in [0.4, 0.5) is 0 Å². The van der Waals surface area contributed by atoms with Crippen molar-refractivity contribution in [2.24, 2.45) is 0 Å². The molecule has 0 aliphatic rings. The quantitative estimate of drug-likeness (QED) is 0.554. The number of allylic oxidation sites excluding steroid dienone is 1. The van der Waals surface area contributed by atoms with E-state index >= 15 is 0 Å². The fraction of sp³-hybridized carbons (Fsp3) is 0.0476. The molecule has 0 saturated carbocycles. The first-order valence-electron chi connectivity index (χ1n) is 7.11. The lowest BCUT2D eigenvalue weighted by Gasteiger charge is -1.98. The molecule has 3 aromatic carbocycles. The maximum absolute atomic E-state index is 3.17. The lowest BCUT2D eigenvalue weighted by atomic mass is 10.1. The highest BCUT2D eigenvalue weighted by Crippen LogP contribution is 2.16. The monoisotopic (exact) mass is 268 g/mol. The molecular weight excluding hydrogens is 252 g/mol. The van der Waals surface area contributed by atoms with Crippen molar-refractivity contribution in [3.63, 3.8) is 0 Å². The van der Waals surface area contributed by atoms with Crippen molar-refractivity contribution in [1.82, 2.24) is 0 Å². The summed E-state index contributed by atoms with van der Waals surface area (Å²) in [5.41, 5.74) is 2.28. The van der Waals surface area contributed by atoms with Crippen LogP contribution in [0.3, 0.4) is 0 Å². The lowest BCUT2D eigenvalue weighted by Crippen LogP contribution is -1.75. The predicted octanol–water partition coefficient (Wildman–Crippen LogP) is 5.29. The molecule has 0 aliphatic carbocycles. The normalized spacial score (nSPS) is 10.5. The SMILES string of the molecule is C(#Cc1ccccc1)C/C=C/c1ccc2ccccc2c1. The number of hydrogen-bond acceptors (Lipinski definition) is 0. The van der Waals surface area contributed by atoms with Gasteiger partial charge in [-0.25, -0.2) is 0 Å². The topological polar surface area (TPSA) is 0 Å². The molecule has 0 heteroatoms. The molecule has 0 atom stereocenters. The number of benzene rings is 3. The molecule has 0 unspecified atom stereocenters. The highest BCUT2D eigenvalue weighted by Gasteiger charge is 1.92. The van der Waals surface area contributed by atoms with E-state index in [1.165, 1.54) is 16.3 Å². The smallest absolute Gasteiger partial charge is 0.0276 e. The molecule has 3 rings (SSSR count). The third kappa shape index (κ3) is 3.61. The van der Waals surface area contributed by atoms with Gasteiger partial charge in [0.25, 0.3) is 0 Å². The zero-order chi connectivity index (χ0) is 14.3. The van der Waals surface area contributed by atoms with Gasteiger partial charge in [-0.15, -0.1) is 0 Å². The standard InChI is InChI=1S/C21H16/c1-3-9-18(10-4-1)11-5-2-6-12-19-15-16-20-13-7-8-14-21(20)17-19/h1,3-4,6-10,12-17H,2H2/b12-6+. The van der Waals surface area contributed by atoms with Gasteiger partial charge in [0.15, 0.2) is 0 Å². The van der Waals surface area contributed by atoms with Crippen molar-refractivity contribution in [2.45, 2.75) is 6.42 Å². The third-order valence-electron chi connectivity index (χ3n) is 3.31. The van der Waals surface area contributed by atoms with Crippen LogP contribution in [0.25, 0.3) is 16.8 Å². The average molecular weight is 268 g/mol.